The minimum absolute atomic E-state index is 0.0127. The first kappa shape index (κ1) is 11.9. The molecule has 1 saturated heterocycles. The van der Waals surface area contributed by atoms with Crippen molar-refractivity contribution >= 4 is 22.0 Å². The quantitative estimate of drug-likeness (QED) is 0.930. The van der Waals surface area contributed by atoms with Crippen LogP contribution in [0.3, 0.4) is 0 Å². The summed E-state index contributed by atoms with van der Waals surface area (Å²) in [7, 11) is 0. The molecule has 0 saturated carbocycles. The first-order valence-corrected chi connectivity index (χ1v) is 6.18. The number of amides is 2. The van der Waals surface area contributed by atoms with Gasteiger partial charge in [-0.2, -0.15) is 5.26 Å². The lowest BCUT2D eigenvalue weighted by molar-refractivity contribution is 0.218. The highest BCUT2D eigenvalue weighted by Crippen LogP contribution is 2.23. The number of benzene rings is 1. The summed E-state index contributed by atoms with van der Waals surface area (Å²) >= 11 is 3.41. The van der Waals surface area contributed by atoms with Crippen molar-refractivity contribution in [3.8, 4) is 6.07 Å². The molecule has 0 aromatic heterocycles. The number of nitrogens with zero attached hydrogens (tertiary/aromatic N) is 2. The Kier molecular flexibility index (Phi) is 3.64. The van der Waals surface area contributed by atoms with E-state index in [0.717, 1.165) is 10.0 Å². The van der Waals surface area contributed by atoms with Gasteiger partial charge in [-0.05, 0) is 17.7 Å². The van der Waals surface area contributed by atoms with Crippen molar-refractivity contribution in [2.24, 2.45) is 0 Å². The van der Waals surface area contributed by atoms with Crippen molar-refractivity contribution in [3.63, 3.8) is 0 Å². The SMILES string of the molecule is N#CCCN1CC(c2cccc(Br)c2)NC1=O. The van der Waals surface area contributed by atoms with Crippen LogP contribution in [0.5, 0.6) is 0 Å². The molecule has 1 heterocycles. The molecule has 1 N–H and O–H groups in total. The molecular weight excluding hydrogens is 282 g/mol. The third-order valence-corrected chi connectivity index (χ3v) is 3.23. The van der Waals surface area contributed by atoms with Gasteiger partial charge in [0.25, 0.3) is 0 Å². The van der Waals surface area contributed by atoms with Crippen LogP contribution in [0.15, 0.2) is 28.7 Å². The van der Waals surface area contributed by atoms with Crippen molar-refractivity contribution in [2.45, 2.75) is 12.5 Å². The van der Waals surface area contributed by atoms with E-state index in [4.69, 9.17) is 5.26 Å². The largest absolute Gasteiger partial charge is 0.329 e. The van der Waals surface area contributed by atoms with Gasteiger partial charge in [0.2, 0.25) is 0 Å². The Labute approximate surface area is 108 Å². The molecule has 88 valence electrons. The van der Waals surface area contributed by atoms with Crippen LogP contribution < -0.4 is 5.32 Å². The molecule has 1 aromatic carbocycles. The lowest BCUT2D eigenvalue weighted by atomic mass is 10.1. The molecule has 0 bridgehead atoms. The summed E-state index contributed by atoms with van der Waals surface area (Å²) < 4.78 is 1.000. The van der Waals surface area contributed by atoms with Crippen LogP contribution in [0.4, 0.5) is 4.79 Å². The average molecular weight is 294 g/mol. The van der Waals surface area contributed by atoms with Gasteiger partial charge < -0.3 is 10.2 Å². The van der Waals surface area contributed by atoms with E-state index in [1.807, 2.05) is 30.3 Å². The van der Waals surface area contributed by atoms with Crippen LogP contribution in [0.1, 0.15) is 18.0 Å². The Morgan fingerprint density at radius 3 is 3.12 bits per heavy atom. The summed E-state index contributed by atoms with van der Waals surface area (Å²) in [5.41, 5.74) is 1.08. The Bertz CT molecular complexity index is 469. The molecule has 17 heavy (non-hydrogen) atoms. The van der Waals surface area contributed by atoms with Gasteiger partial charge in [0.05, 0.1) is 18.5 Å². The van der Waals surface area contributed by atoms with E-state index >= 15 is 0 Å². The number of rotatable bonds is 3. The van der Waals surface area contributed by atoms with Crippen molar-refractivity contribution in [1.82, 2.24) is 10.2 Å². The molecule has 0 radical (unpaired) electrons. The maximum atomic E-state index is 11.6. The summed E-state index contributed by atoms with van der Waals surface area (Å²) in [6, 6.07) is 9.86. The molecule has 1 unspecified atom stereocenters. The molecule has 1 fully saturated rings. The fourth-order valence-corrected chi connectivity index (χ4v) is 2.30. The summed E-state index contributed by atoms with van der Waals surface area (Å²) in [6.07, 6.45) is 0.374. The minimum Gasteiger partial charge on any atom is -0.329 e. The highest BCUT2D eigenvalue weighted by molar-refractivity contribution is 9.10. The average Bonchev–Trinajstić information content (AvgIpc) is 2.68. The zero-order valence-electron chi connectivity index (χ0n) is 9.19. The first-order chi connectivity index (χ1) is 8.20. The second-order valence-corrected chi connectivity index (χ2v) is 4.83. The van der Waals surface area contributed by atoms with E-state index in [-0.39, 0.29) is 12.1 Å². The smallest absolute Gasteiger partial charge is 0.318 e. The van der Waals surface area contributed by atoms with E-state index in [1.54, 1.807) is 4.90 Å². The van der Waals surface area contributed by atoms with Gasteiger partial charge in [-0.15, -0.1) is 0 Å². The predicted octanol–water partition coefficient (Wildman–Crippen LogP) is 2.43. The van der Waals surface area contributed by atoms with Crippen molar-refractivity contribution in [2.75, 3.05) is 13.1 Å². The van der Waals surface area contributed by atoms with Crippen LogP contribution in [0, 0.1) is 11.3 Å². The maximum absolute atomic E-state index is 11.6. The highest BCUT2D eigenvalue weighted by Gasteiger charge is 2.29. The van der Waals surface area contributed by atoms with Crippen LogP contribution >= 0.6 is 15.9 Å². The van der Waals surface area contributed by atoms with Crippen LogP contribution in [-0.2, 0) is 0 Å². The Morgan fingerprint density at radius 1 is 1.59 bits per heavy atom. The number of hydrogen-bond acceptors (Lipinski definition) is 2. The zero-order chi connectivity index (χ0) is 12.3. The summed E-state index contributed by atoms with van der Waals surface area (Å²) in [6.45, 7) is 1.11. The molecule has 5 heteroatoms. The molecular formula is C12H12BrN3O. The fourth-order valence-electron chi connectivity index (χ4n) is 1.88. The van der Waals surface area contributed by atoms with Crippen LogP contribution in [-0.4, -0.2) is 24.0 Å². The summed E-state index contributed by atoms with van der Waals surface area (Å²) in [5, 5.41) is 11.4. The van der Waals surface area contributed by atoms with Crippen molar-refractivity contribution in [3.05, 3.63) is 34.3 Å². The molecule has 1 aliphatic rings. The number of hydrogen-bond donors (Lipinski definition) is 1. The van der Waals surface area contributed by atoms with E-state index < -0.39 is 0 Å². The van der Waals surface area contributed by atoms with Gasteiger partial charge >= 0.3 is 6.03 Å². The molecule has 0 aliphatic carbocycles. The molecule has 2 amide bonds. The van der Waals surface area contributed by atoms with Gasteiger partial charge in [0, 0.05) is 17.6 Å². The Morgan fingerprint density at radius 2 is 2.41 bits per heavy atom. The van der Waals surface area contributed by atoms with Crippen LogP contribution in [0.2, 0.25) is 0 Å². The highest BCUT2D eigenvalue weighted by atomic mass is 79.9. The molecule has 1 atom stereocenters. The van der Waals surface area contributed by atoms with E-state index in [2.05, 4.69) is 21.2 Å². The monoisotopic (exact) mass is 293 g/mol. The number of carbonyl (C=O) groups excluding carboxylic acids is 1. The van der Waals surface area contributed by atoms with E-state index in [1.165, 1.54) is 0 Å². The summed E-state index contributed by atoms with van der Waals surface area (Å²) in [4.78, 5) is 13.3. The van der Waals surface area contributed by atoms with Gasteiger partial charge in [-0.1, -0.05) is 28.1 Å². The van der Waals surface area contributed by atoms with Crippen molar-refractivity contribution in [1.29, 1.82) is 5.26 Å². The Balaban J connectivity index is 2.06. The maximum Gasteiger partial charge on any atom is 0.318 e. The topological polar surface area (TPSA) is 56.1 Å². The third kappa shape index (κ3) is 2.77. The Hall–Kier alpha value is -1.54. The van der Waals surface area contributed by atoms with E-state index in [9.17, 15) is 4.79 Å². The third-order valence-electron chi connectivity index (χ3n) is 2.73. The second kappa shape index (κ2) is 5.19. The number of nitriles is 1. The minimum atomic E-state index is -0.0924. The lowest BCUT2D eigenvalue weighted by Crippen LogP contribution is -2.28. The second-order valence-electron chi connectivity index (χ2n) is 3.91. The van der Waals surface area contributed by atoms with E-state index in [0.29, 0.717) is 19.5 Å². The normalized spacial score (nSPS) is 18.9. The number of halogens is 1. The predicted molar refractivity (Wildman–Crippen MR) is 67.2 cm³/mol. The number of carbonyl (C=O) groups is 1. The van der Waals surface area contributed by atoms with Gasteiger partial charge in [0.15, 0.2) is 0 Å². The first-order valence-electron chi connectivity index (χ1n) is 5.38. The van der Waals surface area contributed by atoms with Gasteiger partial charge in [0.1, 0.15) is 0 Å². The molecule has 1 aliphatic heterocycles. The lowest BCUT2D eigenvalue weighted by Gasteiger charge is -2.12. The zero-order valence-corrected chi connectivity index (χ0v) is 10.8. The molecule has 2 rings (SSSR count). The molecule has 4 nitrogen and oxygen atoms in total. The van der Waals surface area contributed by atoms with Crippen LogP contribution in [0.25, 0.3) is 0 Å². The molecule has 0 spiro atoms. The van der Waals surface area contributed by atoms with Crippen molar-refractivity contribution < 1.29 is 4.79 Å². The standard InChI is InChI=1S/C12H12BrN3O/c13-10-4-1-3-9(7-10)11-8-16(6-2-5-14)12(17)15-11/h1,3-4,7,11H,2,6,8H2,(H,15,17). The fraction of sp³-hybridized carbons (Fsp3) is 0.333. The van der Waals surface area contributed by atoms with Gasteiger partial charge in [-0.25, -0.2) is 4.79 Å². The number of urea groups is 1. The molecule has 1 aromatic rings. The van der Waals surface area contributed by atoms with Gasteiger partial charge in [-0.3, -0.25) is 0 Å². The summed E-state index contributed by atoms with van der Waals surface area (Å²) in [5.74, 6) is 0. The number of nitrogens with one attached hydrogen (secondary N) is 1.